The molecule has 2 aromatic heterocycles. The van der Waals surface area contributed by atoms with Crippen LogP contribution in [0.3, 0.4) is 0 Å². The summed E-state index contributed by atoms with van der Waals surface area (Å²) in [6.45, 7) is 3.35. The Bertz CT molecular complexity index is 1080. The summed E-state index contributed by atoms with van der Waals surface area (Å²) < 4.78 is 6.99. The fourth-order valence-electron chi connectivity index (χ4n) is 3.94. The van der Waals surface area contributed by atoms with Crippen molar-refractivity contribution in [3.05, 3.63) is 46.4 Å². The molecule has 2 N–H and O–H groups in total. The Hall–Kier alpha value is -3.09. The molecule has 4 rings (SSSR count). The molecule has 0 radical (unpaired) electrons. The Balaban J connectivity index is 1.48. The maximum absolute atomic E-state index is 12.6. The number of fused-ring (bicyclic) bond motifs is 3. The van der Waals surface area contributed by atoms with Crippen molar-refractivity contribution in [2.75, 3.05) is 11.9 Å². The Morgan fingerprint density at radius 3 is 2.79 bits per heavy atom. The Labute approximate surface area is 163 Å². The van der Waals surface area contributed by atoms with Gasteiger partial charge < -0.3 is 15.0 Å². The highest BCUT2D eigenvalue weighted by Crippen LogP contribution is 2.31. The first kappa shape index (κ1) is 18.3. The van der Waals surface area contributed by atoms with Gasteiger partial charge in [-0.15, -0.1) is 0 Å². The van der Waals surface area contributed by atoms with Crippen molar-refractivity contribution in [3.63, 3.8) is 0 Å². The van der Waals surface area contributed by atoms with Crippen LogP contribution in [-0.2, 0) is 29.4 Å². The molecule has 0 atom stereocenters. The molecule has 0 spiro atoms. The van der Waals surface area contributed by atoms with Crippen molar-refractivity contribution < 1.29 is 14.3 Å². The van der Waals surface area contributed by atoms with Crippen molar-refractivity contribution in [3.8, 4) is 0 Å². The van der Waals surface area contributed by atoms with Gasteiger partial charge in [-0.3, -0.25) is 9.48 Å². The zero-order chi connectivity index (χ0) is 19.8. The highest BCUT2D eigenvalue weighted by molar-refractivity contribution is 6.05. The van der Waals surface area contributed by atoms with Crippen LogP contribution in [0.15, 0.2) is 18.2 Å². The van der Waals surface area contributed by atoms with Crippen molar-refractivity contribution >= 4 is 28.5 Å². The smallest absolute Gasteiger partial charge is 0.340 e. The van der Waals surface area contributed by atoms with E-state index in [0.717, 1.165) is 41.6 Å². The van der Waals surface area contributed by atoms with E-state index < -0.39 is 5.97 Å². The third kappa shape index (κ3) is 3.17. The molecule has 3 aromatic rings. The summed E-state index contributed by atoms with van der Waals surface area (Å²) in [6.07, 6.45) is 4.36. The summed E-state index contributed by atoms with van der Waals surface area (Å²) in [7, 11) is 1.81. The summed E-state index contributed by atoms with van der Waals surface area (Å²) in [4.78, 5) is 28.3. The van der Waals surface area contributed by atoms with Gasteiger partial charge >= 0.3 is 5.97 Å². The van der Waals surface area contributed by atoms with Crippen LogP contribution in [0.2, 0.25) is 0 Å². The third-order valence-corrected chi connectivity index (χ3v) is 5.46. The van der Waals surface area contributed by atoms with Crippen LogP contribution in [0.5, 0.6) is 0 Å². The number of benzene rings is 1. The monoisotopic (exact) mass is 380 g/mol. The number of hydrogen-bond acceptors (Lipinski definition) is 4. The van der Waals surface area contributed by atoms with Crippen LogP contribution in [0.25, 0.3) is 10.9 Å². The average Bonchev–Trinajstić information content (AvgIpc) is 3.18. The summed E-state index contributed by atoms with van der Waals surface area (Å²) >= 11 is 0. The van der Waals surface area contributed by atoms with Crippen LogP contribution >= 0.6 is 0 Å². The number of esters is 1. The van der Waals surface area contributed by atoms with Crippen molar-refractivity contribution in [2.24, 2.45) is 7.05 Å². The van der Waals surface area contributed by atoms with Gasteiger partial charge in [0.25, 0.3) is 5.91 Å². The topological polar surface area (TPSA) is 89.0 Å². The van der Waals surface area contributed by atoms with E-state index in [1.165, 1.54) is 17.7 Å². The van der Waals surface area contributed by atoms with Gasteiger partial charge in [0.05, 0.1) is 28.2 Å². The molecule has 1 amide bonds. The Morgan fingerprint density at radius 2 is 2.04 bits per heavy atom. The van der Waals surface area contributed by atoms with Gasteiger partial charge in [0.1, 0.15) is 0 Å². The number of nitrogens with zero attached hydrogens (tertiary/aromatic N) is 2. The minimum Gasteiger partial charge on any atom is -0.452 e. The molecular formula is C21H24N4O3. The number of nitrogens with one attached hydrogen (secondary N) is 2. The second-order valence-electron chi connectivity index (χ2n) is 7.31. The zero-order valence-electron chi connectivity index (χ0n) is 16.4. The van der Waals surface area contributed by atoms with Gasteiger partial charge in [0.15, 0.2) is 6.61 Å². The molecule has 7 nitrogen and oxygen atoms in total. The number of carbonyl (C=O) groups excluding carboxylic acids is 2. The number of H-pyrrole nitrogens is 1. The first-order valence-corrected chi connectivity index (χ1v) is 9.55. The molecule has 146 valence electrons. The zero-order valence-corrected chi connectivity index (χ0v) is 16.4. The molecule has 0 saturated heterocycles. The number of carbonyl (C=O) groups is 2. The number of amides is 1. The van der Waals surface area contributed by atoms with E-state index in [1.54, 1.807) is 10.7 Å². The third-order valence-electron chi connectivity index (χ3n) is 5.46. The summed E-state index contributed by atoms with van der Waals surface area (Å²) in [5.41, 5.74) is 6.01. The van der Waals surface area contributed by atoms with Gasteiger partial charge in [0, 0.05) is 18.1 Å². The van der Waals surface area contributed by atoms with E-state index in [4.69, 9.17) is 4.74 Å². The first-order valence-electron chi connectivity index (χ1n) is 9.55. The number of aryl methyl sites for hydroxylation is 4. The first-order chi connectivity index (χ1) is 13.5. The fourth-order valence-corrected chi connectivity index (χ4v) is 3.94. The number of anilines is 1. The SMILES string of the molecule is Cc1nn(C)c(C)c1NC(=O)COC(=O)c1cccc2c3c([nH]c12)CCCC3. The Kier molecular flexibility index (Phi) is 4.66. The number of hydrogen-bond donors (Lipinski definition) is 2. The molecule has 1 aromatic carbocycles. The molecule has 2 heterocycles. The minimum atomic E-state index is -0.501. The van der Waals surface area contributed by atoms with Gasteiger partial charge in [-0.1, -0.05) is 12.1 Å². The Morgan fingerprint density at radius 1 is 1.25 bits per heavy atom. The van der Waals surface area contributed by atoms with Crippen LogP contribution in [0.1, 0.15) is 45.8 Å². The standard InChI is InChI=1S/C21H24N4O3/c1-12-19(13(2)25(3)24-12)23-18(26)11-28-21(27)16-9-6-8-15-14-7-4-5-10-17(14)22-20(15)16/h6,8-9,22H,4-5,7,10-11H2,1-3H3,(H,23,26). The van der Waals surface area contributed by atoms with Gasteiger partial charge in [0.2, 0.25) is 0 Å². The number of ether oxygens (including phenoxy) is 1. The van der Waals surface area contributed by atoms with Crippen LogP contribution in [0.4, 0.5) is 5.69 Å². The van der Waals surface area contributed by atoms with E-state index >= 15 is 0 Å². The van der Waals surface area contributed by atoms with Crippen LogP contribution in [-0.4, -0.2) is 33.2 Å². The number of rotatable bonds is 4. The molecule has 1 aliphatic rings. The van der Waals surface area contributed by atoms with E-state index in [1.807, 2.05) is 33.0 Å². The normalized spacial score (nSPS) is 13.4. The predicted molar refractivity (Wildman–Crippen MR) is 107 cm³/mol. The highest BCUT2D eigenvalue weighted by atomic mass is 16.5. The maximum Gasteiger partial charge on any atom is 0.340 e. The lowest BCUT2D eigenvalue weighted by Gasteiger charge is -2.10. The summed E-state index contributed by atoms with van der Waals surface area (Å²) in [5.74, 6) is -0.885. The lowest BCUT2D eigenvalue weighted by Crippen LogP contribution is -2.21. The molecule has 0 fully saturated rings. The summed E-state index contributed by atoms with van der Waals surface area (Å²) in [6, 6.07) is 5.64. The van der Waals surface area contributed by atoms with Crippen LogP contribution < -0.4 is 5.32 Å². The molecular weight excluding hydrogens is 356 g/mol. The van der Waals surface area contributed by atoms with Crippen molar-refractivity contribution in [2.45, 2.75) is 39.5 Å². The van der Waals surface area contributed by atoms with Crippen molar-refractivity contribution in [1.82, 2.24) is 14.8 Å². The summed E-state index contributed by atoms with van der Waals surface area (Å²) in [5, 5.41) is 8.12. The van der Waals surface area contributed by atoms with Crippen molar-refractivity contribution in [1.29, 1.82) is 0 Å². The lowest BCUT2D eigenvalue weighted by molar-refractivity contribution is -0.119. The van der Waals surface area contributed by atoms with E-state index in [0.29, 0.717) is 11.3 Å². The number of para-hydroxylation sites is 1. The second kappa shape index (κ2) is 7.14. The van der Waals surface area contributed by atoms with Gasteiger partial charge in [-0.25, -0.2) is 4.79 Å². The molecule has 1 aliphatic carbocycles. The van der Waals surface area contributed by atoms with Gasteiger partial charge in [-0.05, 0) is 51.2 Å². The molecule has 7 heteroatoms. The molecule has 0 saturated carbocycles. The number of aromatic nitrogens is 3. The minimum absolute atomic E-state index is 0.344. The van der Waals surface area contributed by atoms with E-state index in [2.05, 4.69) is 15.4 Å². The molecule has 0 bridgehead atoms. The quantitative estimate of drug-likeness (QED) is 0.680. The van der Waals surface area contributed by atoms with E-state index in [-0.39, 0.29) is 12.5 Å². The fraction of sp³-hybridized carbons (Fsp3) is 0.381. The maximum atomic E-state index is 12.6. The average molecular weight is 380 g/mol. The highest BCUT2D eigenvalue weighted by Gasteiger charge is 2.21. The molecule has 0 unspecified atom stereocenters. The molecule has 28 heavy (non-hydrogen) atoms. The molecule has 0 aliphatic heterocycles. The number of aromatic amines is 1. The predicted octanol–water partition coefficient (Wildman–Crippen LogP) is 3.19. The van der Waals surface area contributed by atoms with Crippen LogP contribution in [0, 0.1) is 13.8 Å². The second-order valence-corrected chi connectivity index (χ2v) is 7.31. The lowest BCUT2D eigenvalue weighted by atomic mass is 9.95. The largest absolute Gasteiger partial charge is 0.452 e. The van der Waals surface area contributed by atoms with Gasteiger partial charge in [-0.2, -0.15) is 5.10 Å². The van der Waals surface area contributed by atoms with E-state index in [9.17, 15) is 9.59 Å².